The summed E-state index contributed by atoms with van der Waals surface area (Å²) in [4.78, 5) is 19.0. The van der Waals surface area contributed by atoms with Gasteiger partial charge in [-0.3, -0.25) is 9.69 Å². The molecule has 1 fully saturated rings. The molecule has 3 rings (SSSR count). The number of aliphatic hydroxyl groups is 1. The molecular weight excluding hydrogens is 326 g/mol. The van der Waals surface area contributed by atoms with Gasteiger partial charge < -0.3 is 19.9 Å². The molecule has 25 heavy (non-hydrogen) atoms. The lowest BCUT2D eigenvalue weighted by Crippen LogP contribution is -2.44. The molecular formula is C16H23N5O4. The fraction of sp³-hybridized carbons (Fsp3) is 0.562. The summed E-state index contributed by atoms with van der Waals surface area (Å²) in [5, 5.41) is 17.2. The van der Waals surface area contributed by atoms with E-state index < -0.39 is 6.10 Å². The van der Waals surface area contributed by atoms with Crippen molar-refractivity contribution in [3.63, 3.8) is 0 Å². The molecule has 0 spiro atoms. The maximum atomic E-state index is 12.5. The van der Waals surface area contributed by atoms with Crippen molar-refractivity contribution in [1.29, 1.82) is 0 Å². The number of methoxy groups -OCH3 is 1. The Morgan fingerprint density at radius 3 is 2.92 bits per heavy atom. The third-order valence-corrected chi connectivity index (χ3v) is 4.12. The fourth-order valence-corrected chi connectivity index (χ4v) is 2.84. The molecule has 136 valence electrons. The van der Waals surface area contributed by atoms with Gasteiger partial charge in [0.25, 0.3) is 5.91 Å². The molecule has 0 saturated carbocycles. The van der Waals surface area contributed by atoms with E-state index in [1.807, 2.05) is 0 Å². The van der Waals surface area contributed by atoms with Gasteiger partial charge in [-0.05, 0) is 13.0 Å². The molecule has 0 bridgehead atoms. The molecule has 1 aliphatic heterocycles. The maximum Gasteiger partial charge on any atom is 0.272 e. The number of aromatic nitrogens is 3. The van der Waals surface area contributed by atoms with Gasteiger partial charge in [0.1, 0.15) is 0 Å². The van der Waals surface area contributed by atoms with Crippen LogP contribution in [0.15, 0.2) is 12.1 Å². The van der Waals surface area contributed by atoms with Crippen LogP contribution >= 0.6 is 0 Å². The molecule has 0 unspecified atom stereocenters. The smallest absolute Gasteiger partial charge is 0.272 e. The first kappa shape index (κ1) is 17.6. The van der Waals surface area contributed by atoms with Crippen LogP contribution in [0.5, 0.6) is 5.88 Å². The zero-order chi connectivity index (χ0) is 17.8. The Hall–Kier alpha value is -2.23. The zero-order valence-corrected chi connectivity index (χ0v) is 14.4. The van der Waals surface area contributed by atoms with Crippen LogP contribution in [0.3, 0.4) is 0 Å². The summed E-state index contributed by atoms with van der Waals surface area (Å²) in [6.45, 7) is 5.35. The number of fused-ring (bicyclic) bond motifs is 1. The molecule has 1 atom stereocenters. The Labute approximate surface area is 145 Å². The number of aryl methyl sites for hydroxylation is 1. The molecule has 1 aliphatic rings. The summed E-state index contributed by atoms with van der Waals surface area (Å²) in [6.07, 6.45) is -0.649. The van der Waals surface area contributed by atoms with E-state index in [-0.39, 0.29) is 12.5 Å². The summed E-state index contributed by atoms with van der Waals surface area (Å²) in [7, 11) is 1.51. The van der Waals surface area contributed by atoms with Crippen LogP contribution in [0, 0.1) is 6.92 Å². The summed E-state index contributed by atoms with van der Waals surface area (Å²) in [5.41, 5.74) is 1.48. The van der Waals surface area contributed by atoms with Crippen molar-refractivity contribution in [3.8, 4) is 5.88 Å². The summed E-state index contributed by atoms with van der Waals surface area (Å²) >= 11 is 0. The predicted molar refractivity (Wildman–Crippen MR) is 89.9 cm³/mol. The number of aliphatic hydroxyl groups excluding tert-OH is 1. The molecule has 1 saturated heterocycles. The number of β-amino-alcohol motifs (C(OH)–C–C–N with tert-alkyl or cyclic N) is 1. The van der Waals surface area contributed by atoms with Crippen LogP contribution in [0.25, 0.3) is 5.65 Å². The SMILES string of the molecule is COc1ccc2nc(C)c(C(=O)NC[C@@H](O)CN3CCOCC3)n2n1. The quantitative estimate of drug-likeness (QED) is 0.723. The molecule has 2 N–H and O–H groups in total. The molecule has 0 radical (unpaired) electrons. The highest BCUT2D eigenvalue weighted by Crippen LogP contribution is 2.14. The van der Waals surface area contributed by atoms with E-state index in [0.29, 0.717) is 42.7 Å². The van der Waals surface area contributed by atoms with Gasteiger partial charge in [0.05, 0.1) is 32.1 Å². The highest BCUT2D eigenvalue weighted by molar-refractivity contribution is 5.94. The second-order valence-electron chi connectivity index (χ2n) is 5.97. The average Bonchev–Trinajstić information content (AvgIpc) is 2.95. The second-order valence-corrected chi connectivity index (χ2v) is 5.97. The first-order chi connectivity index (χ1) is 12.1. The van der Waals surface area contributed by atoms with E-state index in [1.165, 1.54) is 11.6 Å². The lowest BCUT2D eigenvalue weighted by Gasteiger charge is -2.28. The van der Waals surface area contributed by atoms with Gasteiger partial charge in [0.2, 0.25) is 5.88 Å². The predicted octanol–water partition coefficient (Wildman–Crippen LogP) is -0.531. The normalized spacial score (nSPS) is 16.8. The number of imidazole rings is 1. The third kappa shape index (κ3) is 4.06. The van der Waals surface area contributed by atoms with Crippen molar-refractivity contribution in [2.75, 3.05) is 46.5 Å². The lowest BCUT2D eigenvalue weighted by atomic mass is 10.2. The van der Waals surface area contributed by atoms with Crippen LogP contribution in [-0.4, -0.2) is 83.1 Å². The van der Waals surface area contributed by atoms with Crippen molar-refractivity contribution in [3.05, 3.63) is 23.5 Å². The van der Waals surface area contributed by atoms with Gasteiger partial charge in [-0.1, -0.05) is 0 Å². The van der Waals surface area contributed by atoms with Crippen molar-refractivity contribution in [1.82, 2.24) is 24.8 Å². The highest BCUT2D eigenvalue weighted by Gasteiger charge is 2.20. The van der Waals surface area contributed by atoms with Crippen LogP contribution in [0.4, 0.5) is 0 Å². The van der Waals surface area contributed by atoms with E-state index in [1.54, 1.807) is 19.1 Å². The molecule has 9 heteroatoms. The number of ether oxygens (including phenoxy) is 2. The van der Waals surface area contributed by atoms with Gasteiger partial charge in [-0.15, -0.1) is 5.10 Å². The van der Waals surface area contributed by atoms with Crippen molar-refractivity contribution in [2.24, 2.45) is 0 Å². The number of hydrogen-bond acceptors (Lipinski definition) is 7. The fourth-order valence-electron chi connectivity index (χ4n) is 2.84. The van der Waals surface area contributed by atoms with Gasteiger partial charge in [-0.2, -0.15) is 0 Å². The van der Waals surface area contributed by atoms with E-state index >= 15 is 0 Å². The molecule has 0 aliphatic carbocycles. The van der Waals surface area contributed by atoms with Crippen LogP contribution in [0.1, 0.15) is 16.2 Å². The number of morpholine rings is 1. The Kier molecular flexibility index (Phi) is 5.47. The van der Waals surface area contributed by atoms with Crippen LogP contribution in [-0.2, 0) is 4.74 Å². The van der Waals surface area contributed by atoms with Crippen molar-refractivity contribution >= 4 is 11.6 Å². The largest absolute Gasteiger partial charge is 0.480 e. The molecule has 2 aromatic heterocycles. The van der Waals surface area contributed by atoms with Gasteiger partial charge in [-0.25, -0.2) is 9.50 Å². The number of rotatable bonds is 6. The van der Waals surface area contributed by atoms with Gasteiger partial charge >= 0.3 is 0 Å². The van der Waals surface area contributed by atoms with Crippen LogP contribution in [0.2, 0.25) is 0 Å². The number of nitrogens with one attached hydrogen (secondary N) is 1. The second kappa shape index (κ2) is 7.77. The van der Waals surface area contributed by atoms with Crippen LogP contribution < -0.4 is 10.1 Å². The first-order valence-electron chi connectivity index (χ1n) is 8.25. The lowest BCUT2D eigenvalue weighted by molar-refractivity contribution is 0.0149. The first-order valence-corrected chi connectivity index (χ1v) is 8.25. The van der Waals surface area contributed by atoms with Crippen molar-refractivity contribution < 1.29 is 19.4 Å². The topological polar surface area (TPSA) is 101 Å². The van der Waals surface area contributed by atoms with Gasteiger partial charge in [0, 0.05) is 32.2 Å². The Morgan fingerprint density at radius 1 is 1.44 bits per heavy atom. The zero-order valence-electron chi connectivity index (χ0n) is 14.4. The monoisotopic (exact) mass is 349 g/mol. The number of hydrogen-bond donors (Lipinski definition) is 2. The minimum absolute atomic E-state index is 0.160. The third-order valence-electron chi connectivity index (χ3n) is 4.12. The molecule has 3 heterocycles. The summed E-state index contributed by atoms with van der Waals surface area (Å²) in [5.74, 6) is 0.0677. The summed E-state index contributed by atoms with van der Waals surface area (Å²) in [6, 6.07) is 3.43. The average molecular weight is 349 g/mol. The number of amides is 1. The van der Waals surface area contributed by atoms with E-state index in [9.17, 15) is 9.90 Å². The minimum Gasteiger partial charge on any atom is -0.480 e. The Balaban J connectivity index is 1.64. The minimum atomic E-state index is -0.649. The van der Waals surface area contributed by atoms with E-state index in [4.69, 9.17) is 9.47 Å². The Morgan fingerprint density at radius 2 is 2.20 bits per heavy atom. The summed E-state index contributed by atoms with van der Waals surface area (Å²) < 4.78 is 11.8. The van der Waals surface area contributed by atoms with E-state index in [2.05, 4.69) is 20.3 Å². The molecule has 1 amide bonds. The molecule has 9 nitrogen and oxygen atoms in total. The molecule has 0 aromatic carbocycles. The number of nitrogens with zero attached hydrogens (tertiary/aromatic N) is 4. The maximum absolute atomic E-state index is 12.5. The standard InChI is InChI=1S/C16H23N5O4/c1-11-15(21-13(18-11)3-4-14(19-21)24-2)16(23)17-9-12(22)10-20-5-7-25-8-6-20/h3-4,12,22H,5-10H2,1-2H3,(H,17,23)/t12-/m1/s1. The number of carbonyl (C=O) groups is 1. The van der Waals surface area contributed by atoms with Crippen molar-refractivity contribution in [2.45, 2.75) is 13.0 Å². The highest BCUT2D eigenvalue weighted by atomic mass is 16.5. The van der Waals surface area contributed by atoms with E-state index in [0.717, 1.165) is 13.1 Å². The molecule has 2 aromatic rings. The number of carbonyl (C=O) groups excluding carboxylic acids is 1. The van der Waals surface area contributed by atoms with Gasteiger partial charge in [0.15, 0.2) is 11.3 Å². The Bertz CT molecular complexity index is 741.